The Labute approximate surface area is 212 Å². The second-order valence-electron chi connectivity index (χ2n) is 9.50. The van der Waals surface area contributed by atoms with E-state index in [0.29, 0.717) is 6.42 Å². The van der Waals surface area contributed by atoms with E-state index in [2.05, 4.69) is 33.0 Å². The number of hydrogen-bond donors (Lipinski definition) is 3. The number of nitrogens with one attached hydrogen (secondary N) is 2. The third-order valence-corrected chi connectivity index (χ3v) is 6.77. The van der Waals surface area contributed by atoms with Crippen LogP contribution in [0.3, 0.4) is 0 Å². The molecule has 1 unspecified atom stereocenters. The number of hydrogen-bond acceptors (Lipinski definition) is 6. The van der Waals surface area contributed by atoms with Crippen LogP contribution in [0.25, 0.3) is 0 Å². The fraction of sp³-hybridized carbons (Fsp3) is 0.625. The van der Waals surface area contributed by atoms with Gasteiger partial charge in [-0.2, -0.15) is 13.2 Å². The van der Waals surface area contributed by atoms with Gasteiger partial charge in [0.25, 0.3) is 0 Å². The van der Waals surface area contributed by atoms with E-state index in [0.717, 1.165) is 67.6 Å². The maximum atomic E-state index is 13.0. The molecule has 10 nitrogen and oxygen atoms in total. The molecule has 2 aromatic heterocycles. The number of carbonyl (C=O) groups excluding carboxylic acids is 1. The van der Waals surface area contributed by atoms with Crippen molar-refractivity contribution in [2.75, 3.05) is 18.4 Å². The number of alkyl halides is 3. The molecule has 0 aliphatic carbocycles. The SMILES string of the molecule is O=C(O)C(CCCCCCCc1ccc2c(n1)NCCC2)NC(=O)N1CCn2c(nnc2C(F)(F)F)C1. The van der Waals surface area contributed by atoms with Crippen molar-refractivity contribution in [2.24, 2.45) is 0 Å². The normalized spacial score (nSPS) is 15.9. The molecule has 1 atom stereocenters. The quantitative estimate of drug-likeness (QED) is 0.406. The predicted molar refractivity (Wildman–Crippen MR) is 128 cm³/mol. The number of carboxylic acid groups (broad SMARTS) is 1. The molecule has 2 amide bonds. The first-order chi connectivity index (χ1) is 17.7. The van der Waals surface area contributed by atoms with Crippen LogP contribution in [0.2, 0.25) is 0 Å². The summed E-state index contributed by atoms with van der Waals surface area (Å²) in [5.41, 5.74) is 2.35. The zero-order valence-corrected chi connectivity index (χ0v) is 20.6. The number of carbonyl (C=O) groups is 2. The van der Waals surface area contributed by atoms with Crippen LogP contribution in [-0.2, 0) is 36.9 Å². The summed E-state index contributed by atoms with van der Waals surface area (Å²) in [5, 5.41) is 22.1. The summed E-state index contributed by atoms with van der Waals surface area (Å²) in [6.07, 6.45) is 3.19. The summed E-state index contributed by atoms with van der Waals surface area (Å²) >= 11 is 0. The van der Waals surface area contributed by atoms with E-state index in [1.807, 2.05) is 0 Å². The van der Waals surface area contributed by atoms with Gasteiger partial charge >= 0.3 is 18.2 Å². The van der Waals surface area contributed by atoms with Gasteiger partial charge in [0, 0.05) is 25.3 Å². The predicted octanol–water partition coefficient (Wildman–Crippen LogP) is 3.61. The Balaban J connectivity index is 1.15. The molecule has 0 fully saturated rings. The first-order valence-corrected chi connectivity index (χ1v) is 12.7. The number of aliphatic carboxylic acids is 1. The van der Waals surface area contributed by atoms with Gasteiger partial charge in [0.05, 0.1) is 6.54 Å². The lowest BCUT2D eigenvalue weighted by molar-refractivity contribution is -0.148. The van der Waals surface area contributed by atoms with Crippen molar-refractivity contribution >= 4 is 17.8 Å². The minimum Gasteiger partial charge on any atom is -0.480 e. The topological polar surface area (TPSA) is 125 Å². The summed E-state index contributed by atoms with van der Waals surface area (Å²) in [6.45, 7) is 0.683. The Morgan fingerprint density at radius 1 is 1.11 bits per heavy atom. The summed E-state index contributed by atoms with van der Waals surface area (Å²) in [4.78, 5) is 30.2. The van der Waals surface area contributed by atoms with Crippen LogP contribution < -0.4 is 10.6 Å². The molecule has 3 N–H and O–H groups in total. The first-order valence-electron chi connectivity index (χ1n) is 12.7. The van der Waals surface area contributed by atoms with E-state index in [-0.39, 0.29) is 31.9 Å². The fourth-order valence-corrected chi connectivity index (χ4v) is 4.73. The highest BCUT2D eigenvalue weighted by Crippen LogP contribution is 2.29. The second-order valence-corrected chi connectivity index (χ2v) is 9.50. The monoisotopic (exact) mass is 523 g/mol. The minimum atomic E-state index is -4.63. The molecule has 0 saturated heterocycles. The van der Waals surface area contributed by atoms with E-state index in [1.54, 1.807) is 0 Å². The van der Waals surface area contributed by atoms with Gasteiger partial charge < -0.3 is 25.2 Å². The summed E-state index contributed by atoms with van der Waals surface area (Å²) in [6, 6.07) is 2.54. The first kappa shape index (κ1) is 26.7. The lowest BCUT2D eigenvalue weighted by Gasteiger charge is -2.29. The highest BCUT2D eigenvalue weighted by molar-refractivity contribution is 5.82. The second kappa shape index (κ2) is 11.8. The summed E-state index contributed by atoms with van der Waals surface area (Å²) in [7, 11) is 0. The van der Waals surface area contributed by atoms with Crippen molar-refractivity contribution in [1.82, 2.24) is 30.0 Å². The van der Waals surface area contributed by atoms with Crippen LogP contribution in [-0.4, -0.2) is 60.9 Å². The standard InChI is InChI=1S/C24H32F3N7O3/c25-24(26,27)22-32-31-19-15-33(13-14-34(19)22)23(37)30-18(21(35)36)9-5-3-1-2-4-8-17-11-10-16-7-6-12-28-20(16)29-17/h10-11,18H,1-9,12-15H2,(H,28,29)(H,30,37)(H,35,36). The van der Waals surface area contributed by atoms with E-state index < -0.39 is 30.0 Å². The van der Waals surface area contributed by atoms with Gasteiger partial charge in [-0.25, -0.2) is 14.6 Å². The number of rotatable bonds is 10. The smallest absolute Gasteiger partial charge is 0.451 e. The van der Waals surface area contributed by atoms with E-state index in [9.17, 15) is 27.9 Å². The van der Waals surface area contributed by atoms with Gasteiger partial charge in [-0.3, -0.25) is 0 Å². The van der Waals surface area contributed by atoms with Crippen LogP contribution in [0.4, 0.5) is 23.8 Å². The van der Waals surface area contributed by atoms with Crippen LogP contribution in [0.5, 0.6) is 0 Å². The van der Waals surface area contributed by atoms with Crippen molar-refractivity contribution in [2.45, 2.75) is 83.1 Å². The number of aryl methyl sites for hydroxylation is 2. The molecule has 4 rings (SSSR count). The van der Waals surface area contributed by atoms with Gasteiger partial charge in [0.1, 0.15) is 11.9 Å². The van der Waals surface area contributed by atoms with Crippen molar-refractivity contribution in [3.8, 4) is 0 Å². The van der Waals surface area contributed by atoms with E-state index in [4.69, 9.17) is 4.98 Å². The average Bonchev–Trinajstić information content (AvgIpc) is 3.31. The number of nitrogens with zero attached hydrogens (tertiary/aromatic N) is 5. The minimum absolute atomic E-state index is 0.00142. The van der Waals surface area contributed by atoms with E-state index >= 15 is 0 Å². The van der Waals surface area contributed by atoms with Gasteiger partial charge in [0.15, 0.2) is 5.82 Å². The molecule has 13 heteroatoms. The van der Waals surface area contributed by atoms with Crippen LogP contribution in [0, 0.1) is 0 Å². The number of fused-ring (bicyclic) bond motifs is 2. The van der Waals surface area contributed by atoms with Gasteiger partial charge in [-0.05, 0) is 43.7 Å². The number of amides is 2. The maximum absolute atomic E-state index is 13.0. The zero-order valence-electron chi connectivity index (χ0n) is 20.6. The van der Waals surface area contributed by atoms with Gasteiger partial charge in [-0.15, -0.1) is 10.2 Å². The Kier molecular flexibility index (Phi) is 8.49. The average molecular weight is 524 g/mol. The zero-order chi connectivity index (χ0) is 26.4. The van der Waals surface area contributed by atoms with Crippen molar-refractivity contribution in [3.63, 3.8) is 0 Å². The third kappa shape index (κ3) is 6.89. The Morgan fingerprint density at radius 3 is 2.68 bits per heavy atom. The molecule has 0 radical (unpaired) electrons. The van der Waals surface area contributed by atoms with Crippen molar-refractivity contribution in [1.29, 1.82) is 0 Å². The number of pyridine rings is 1. The highest BCUT2D eigenvalue weighted by Gasteiger charge is 2.40. The maximum Gasteiger partial charge on any atom is 0.451 e. The molecule has 0 bridgehead atoms. The molecule has 2 aliphatic heterocycles. The van der Waals surface area contributed by atoms with Crippen molar-refractivity contribution < 1.29 is 27.9 Å². The number of urea groups is 1. The lowest BCUT2D eigenvalue weighted by Crippen LogP contribution is -2.50. The molecule has 2 aromatic rings. The Morgan fingerprint density at radius 2 is 1.89 bits per heavy atom. The van der Waals surface area contributed by atoms with E-state index in [1.165, 1.54) is 10.5 Å². The van der Waals surface area contributed by atoms with Crippen LogP contribution in [0.1, 0.15) is 67.9 Å². The molecule has 2 aliphatic rings. The molecule has 202 valence electrons. The van der Waals surface area contributed by atoms with Crippen LogP contribution >= 0.6 is 0 Å². The molecule has 37 heavy (non-hydrogen) atoms. The third-order valence-electron chi connectivity index (χ3n) is 6.77. The lowest BCUT2D eigenvalue weighted by atomic mass is 10.0. The number of aromatic nitrogens is 4. The Hall–Kier alpha value is -3.38. The summed E-state index contributed by atoms with van der Waals surface area (Å²) in [5.74, 6) is -1.22. The largest absolute Gasteiger partial charge is 0.480 e. The van der Waals surface area contributed by atoms with Crippen molar-refractivity contribution in [3.05, 3.63) is 35.0 Å². The van der Waals surface area contributed by atoms with Crippen LogP contribution in [0.15, 0.2) is 12.1 Å². The number of halogens is 3. The molecule has 4 heterocycles. The molecule has 0 aromatic carbocycles. The molecule has 0 saturated carbocycles. The number of unbranched alkanes of at least 4 members (excludes halogenated alkanes) is 4. The molecular formula is C24H32F3N7O3. The Bertz CT molecular complexity index is 1110. The summed E-state index contributed by atoms with van der Waals surface area (Å²) < 4.78 is 39.9. The number of carboxylic acids is 1. The highest BCUT2D eigenvalue weighted by atomic mass is 19.4. The number of anilines is 1. The molecular weight excluding hydrogens is 491 g/mol. The molecule has 0 spiro atoms. The van der Waals surface area contributed by atoms with Gasteiger partial charge in [-0.1, -0.05) is 31.7 Å². The van der Waals surface area contributed by atoms with Gasteiger partial charge in [0.2, 0.25) is 5.82 Å². The fourth-order valence-electron chi connectivity index (χ4n) is 4.73.